The highest BCUT2D eigenvalue weighted by Gasteiger charge is 2.43. The fourth-order valence-electron chi connectivity index (χ4n) is 2.62. The molecule has 1 aromatic rings. The Labute approximate surface area is 150 Å². The van der Waals surface area contributed by atoms with Crippen LogP contribution >= 0.6 is 0 Å². The van der Waals surface area contributed by atoms with E-state index in [1.54, 1.807) is 26.3 Å². The van der Waals surface area contributed by atoms with Gasteiger partial charge in [0.2, 0.25) is 0 Å². The van der Waals surface area contributed by atoms with Gasteiger partial charge in [0.15, 0.2) is 0 Å². The number of benzene rings is 1. The summed E-state index contributed by atoms with van der Waals surface area (Å²) in [5.41, 5.74) is 0.984. The number of anilines is 1. The van der Waals surface area contributed by atoms with Gasteiger partial charge >= 0.3 is 12.1 Å². The van der Waals surface area contributed by atoms with Crippen molar-refractivity contribution in [1.29, 1.82) is 0 Å². The van der Waals surface area contributed by atoms with Gasteiger partial charge in [-0.05, 0) is 32.9 Å². The Bertz CT molecular complexity index is 676. The first-order valence-corrected chi connectivity index (χ1v) is 8.06. The number of ether oxygens (including phenoxy) is 3. The number of rotatable bonds is 4. The quantitative estimate of drug-likeness (QED) is 0.643. The molecule has 1 saturated heterocycles. The average molecular weight is 369 g/mol. The number of carbonyl (C=O) groups excluding carboxylic acids is 2. The molecule has 0 unspecified atom stereocenters. The van der Waals surface area contributed by atoms with Crippen LogP contribution in [-0.2, 0) is 14.3 Å². The monoisotopic (exact) mass is 369 g/mol. The highest BCUT2D eigenvalue weighted by molar-refractivity contribution is 5.82. The smallest absolute Gasteiger partial charge is 0.411 e. The molecule has 1 aliphatic rings. The molecule has 1 aliphatic heterocycles. The number of methoxy groups -OCH3 is 1. The van der Waals surface area contributed by atoms with E-state index >= 15 is 0 Å². The predicted molar refractivity (Wildman–Crippen MR) is 91.2 cm³/mol. The molecule has 0 spiro atoms. The summed E-state index contributed by atoms with van der Waals surface area (Å²) in [4.78, 5) is 25.6. The molecule has 2 rings (SSSR count). The molecule has 8 nitrogen and oxygen atoms in total. The highest BCUT2D eigenvalue weighted by Crippen LogP contribution is 2.30. The molecule has 0 aromatic heterocycles. The fraction of sp³-hybridized carbons (Fsp3) is 0.529. The summed E-state index contributed by atoms with van der Waals surface area (Å²) in [6.45, 7) is 5.16. The maximum Gasteiger partial charge on any atom is 0.411 e. The first-order chi connectivity index (χ1) is 12.1. The van der Waals surface area contributed by atoms with Crippen LogP contribution in [0.5, 0.6) is 5.75 Å². The summed E-state index contributed by atoms with van der Waals surface area (Å²) in [5, 5.41) is 11.0. The maximum atomic E-state index is 13.4. The Hall–Kier alpha value is -2.55. The fourth-order valence-corrected chi connectivity index (χ4v) is 2.62. The van der Waals surface area contributed by atoms with E-state index in [2.05, 4.69) is 0 Å². The lowest BCUT2D eigenvalue weighted by Gasteiger charge is -2.27. The molecule has 1 aromatic carbocycles. The molecule has 0 aliphatic carbocycles. The molecule has 144 valence electrons. The number of esters is 1. The van der Waals surface area contributed by atoms with E-state index in [0.29, 0.717) is 0 Å². The minimum absolute atomic E-state index is 0.000320. The minimum atomic E-state index is -0.892. The van der Waals surface area contributed by atoms with Gasteiger partial charge in [0.1, 0.15) is 29.3 Å². The molecule has 2 atom stereocenters. The van der Waals surface area contributed by atoms with Gasteiger partial charge in [0, 0.05) is 12.5 Å². The van der Waals surface area contributed by atoms with Crippen molar-refractivity contribution in [2.75, 3.05) is 19.1 Å². The lowest BCUT2D eigenvalue weighted by molar-refractivity contribution is -0.145. The number of nitrogens with one attached hydrogen (secondary N) is 1. The summed E-state index contributed by atoms with van der Waals surface area (Å²) in [5.74, 6) is -1.19. The van der Waals surface area contributed by atoms with Crippen molar-refractivity contribution in [1.82, 2.24) is 4.90 Å². The van der Waals surface area contributed by atoms with E-state index in [0.717, 1.165) is 12.1 Å². The third kappa shape index (κ3) is 4.75. The third-order valence-corrected chi connectivity index (χ3v) is 3.71. The van der Waals surface area contributed by atoms with Gasteiger partial charge in [0.25, 0.3) is 0 Å². The van der Waals surface area contributed by atoms with E-state index in [1.165, 1.54) is 18.1 Å². The second-order valence-electron chi connectivity index (χ2n) is 6.89. The molecule has 1 fully saturated rings. The molecule has 26 heavy (non-hydrogen) atoms. The van der Waals surface area contributed by atoms with Crippen molar-refractivity contribution in [2.45, 2.75) is 44.9 Å². The van der Waals surface area contributed by atoms with Crippen LogP contribution in [0.15, 0.2) is 18.2 Å². The van der Waals surface area contributed by atoms with Crippen LogP contribution in [-0.4, -0.2) is 48.4 Å². The van der Waals surface area contributed by atoms with Crippen molar-refractivity contribution in [3.8, 4) is 5.75 Å². The Morgan fingerprint density at radius 3 is 2.62 bits per heavy atom. The largest absolute Gasteiger partial charge is 0.761 e. The predicted octanol–water partition coefficient (Wildman–Crippen LogP) is 2.67. The third-order valence-electron chi connectivity index (χ3n) is 3.71. The first kappa shape index (κ1) is 19.8. The van der Waals surface area contributed by atoms with Gasteiger partial charge in [-0.25, -0.2) is 14.0 Å². The zero-order chi connectivity index (χ0) is 19.5. The van der Waals surface area contributed by atoms with Gasteiger partial charge in [-0.15, -0.1) is 0 Å². The van der Waals surface area contributed by atoms with Crippen LogP contribution in [0.25, 0.3) is 0 Å². The van der Waals surface area contributed by atoms with E-state index in [9.17, 15) is 19.2 Å². The summed E-state index contributed by atoms with van der Waals surface area (Å²) in [7, 11) is 1.22. The molecular weight excluding hydrogens is 347 g/mol. The SMILES string of the molecule is COC(=O)[C@@H]1C[C@H](Oc2cc(F)ccc2N[O-])CN1C(=O)OC(C)(C)C. The first-order valence-electron chi connectivity index (χ1n) is 8.06. The summed E-state index contributed by atoms with van der Waals surface area (Å²) < 4.78 is 29.1. The Morgan fingerprint density at radius 1 is 1.35 bits per heavy atom. The van der Waals surface area contributed by atoms with Gasteiger partial charge in [-0.1, -0.05) is 0 Å². The second-order valence-corrected chi connectivity index (χ2v) is 6.89. The Morgan fingerprint density at radius 2 is 2.04 bits per heavy atom. The van der Waals surface area contributed by atoms with E-state index in [4.69, 9.17) is 14.2 Å². The minimum Gasteiger partial charge on any atom is -0.761 e. The van der Waals surface area contributed by atoms with Crippen molar-refractivity contribution >= 4 is 17.7 Å². The van der Waals surface area contributed by atoms with Gasteiger partial charge < -0.3 is 24.9 Å². The maximum absolute atomic E-state index is 13.4. The van der Waals surface area contributed by atoms with Gasteiger partial charge in [0.05, 0.1) is 19.3 Å². The normalized spacial score (nSPS) is 19.8. The van der Waals surface area contributed by atoms with E-state index in [-0.39, 0.29) is 24.4 Å². The zero-order valence-corrected chi connectivity index (χ0v) is 15.1. The Kier molecular flexibility index (Phi) is 5.91. The topological polar surface area (TPSA) is 100 Å². The van der Waals surface area contributed by atoms with E-state index in [1.807, 2.05) is 0 Å². The molecule has 1 N–H and O–H groups in total. The molecule has 0 radical (unpaired) electrons. The van der Waals surface area contributed by atoms with Crippen LogP contribution in [0.1, 0.15) is 27.2 Å². The average Bonchev–Trinajstić information content (AvgIpc) is 2.97. The number of hydrogen-bond donors (Lipinski definition) is 1. The van der Waals surface area contributed by atoms with Gasteiger partial charge in [-0.3, -0.25) is 4.90 Å². The van der Waals surface area contributed by atoms with Crippen molar-refractivity contribution < 1.29 is 28.2 Å². The van der Waals surface area contributed by atoms with Crippen LogP contribution in [0.3, 0.4) is 0 Å². The van der Waals surface area contributed by atoms with Crippen molar-refractivity contribution in [2.24, 2.45) is 0 Å². The second kappa shape index (κ2) is 7.77. The van der Waals surface area contributed by atoms with Crippen LogP contribution in [0.4, 0.5) is 14.9 Å². The van der Waals surface area contributed by atoms with Crippen molar-refractivity contribution in [3.63, 3.8) is 0 Å². The number of hydrogen-bond acceptors (Lipinski definition) is 7. The highest BCUT2D eigenvalue weighted by atomic mass is 19.1. The number of amides is 1. The molecule has 9 heteroatoms. The standard InChI is InChI=1S/C17H22FN2O6/c1-17(2,3)26-16(22)20-9-11(8-13(20)15(21)24-4)25-14-7-10(18)5-6-12(14)19-23/h5-7,11,13,19H,8-9H2,1-4H3/q-1/t11-,13-/m0/s1. The van der Waals surface area contributed by atoms with Gasteiger partial charge in [-0.2, -0.15) is 0 Å². The van der Waals surface area contributed by atoms with Crippen LogP contribution in [0.2, 0.25) is 0 Å². The molecule has 1 amide bonds. The van der Waals surface area contributed by atoms with Crippen molar-refractivity contribution in [3.05, 3.63) is 29.2 Å². The molecular formula is C17H22FN2O6-. The zero-order valence-electron chi connectivity index (χ0n) is 15.1. The number of likely N-dealkylation sites (tertiary alicyclic amines) is 1. The molecule has 1 heterocycles. The molecule has 0 saturated carbocycles. The number of carbonyl (C=O) groups is 2. The summed E-state index contributed by atoms with van der Waals surface area (Å²) in [6, 6.07) is 2.53. The lowest BCUT2D eigenvalue weighted by Crippen LogP contribution is -2.44. The number of nitrogens with zero attached hydrogens (tertiary/aromatic N) is 1. The Balaban J connectivity index is 2.18. The number of halogens is 1. The van der Waals surface area contributed by atoms with Crippen LogP contribution in [0, 0.1) is 11.0 Å². The summed E-state index contributed by atoms with van der Waals surface area (Å²) >= 11 is 0. The summed E-state index contributed by atoms with van der Waals surface area (Å²) in [6.07, 6.45) is -1.19. The van der Waals surface area contributed by atoms with E-state index < -0.39 is 35.6 Å². The molecule has 0 bridgehead atoms. The lowest BCUT2D eigenvalue weighted by atomic mass is 10.2. The van der Waals surface area contributed by atoms with Crippen LogP contribution < -0.4 is 10.2 Å².